The van der Waals surface area contributed by atoms with Gasteiger partial charge in [-0.1, -0.05) is 6.07 Å². The van der Waals surface area contributed by atoms with E-state index >= 15 is 0 Å². The summed E-state index contributed by atoms with van der Waals surface area (Å²) in [6.07, 6.45) is 0. The molecule has 0 aliphatic carbocycles. The van der Waals surface area contributed by atoms with Crippen molar-refractivity contribution >= 4 is 17.3 Å². The number of nitrogens with one attached hydrogen (secondary N) is 1. The fraction of sp³-hybridized carbons (Fsp3) is 0. The Hall–Kier alpha value is -2.43. The molecule has 3 nitrogen and oxygen atoms in total. The maximum atomic E-state index is 13.0. The van der Waals surface area contributed by atoms with Gasteiger partial charge in [0.15, 0.2) is 11.6 Å². The summed E-state index contributed by atoms with van der Waals surface area (Å²) >= 11 is 0. The normalized spacial score (nSPS) is 10.1. The van der Waals surface area contributed by atoms with Gasteiger partial charge in [-0.15, -0.1) is 0 Å². The van der Waals surface area contributed by atoms with E-state index in [4.69, 9.17) is 5.11 Å². The molecule has 92 valence electrons. The molecule has 0 unspecified atom stereocenters. The highest BCUT2D eigenvalue weighted by Gasteiger charge is 2.05. The molecule has 0 bridgehead atoms. The molecule has 0 fully saturated rings. The van der Waals surface area contributed by atoms with E-state index < -0.39 is 17.6 Å². The molecule has 0 spiro atoms. The Bertz CT molecular complexity index is 599. The summed E-state index contributed by atoms with van der Waals surface area (Å²) in [6, 6.07) is 9.41. The molecule has 0 radical (unpaired) electrons. The second-order valence-electron chi connectivity index (χ2n) is 3.64. The van der Waals surface area contributed by atoms with Crippen molar-refractivity contribution in [3.8, 4) is 0 Å². The molecule has 0 amide bonds. The first-order chi connectivity index (χ1) is 8.56. The molecule has 0 aromatic heterocycles. The molecule has 5 heteroatoms. The zero-order valence-electron chi connectivity index (χ0n) is 9.15. The fourth-order valence-electron chi connectivity index (χ4n) is 1.47. The molecule has 0 saturated carbocycles. The Kier molecular flexibility index (Phi) is 3.23. The highest BCUT2D eigenvalue weighted by atomic mass is 19.2. The molecule has 0 saturated heterocycles. The van der Waals surface area contributed by atoms with Gasteiger partial charge in [0.2, 0.25) is 0 Å². The van der Waals surface area contributed by atoms with Crippen LogP contribution >= 0.6 is 0 Å². The van der Waals surface area contributed by atoms with Gasteiger partial charge in [-0.05, 0) is 30.3 Å². The van der Waals surface area contributed by atoms with Gasteiger partial charge in [0.05, 0.1) is 5.56 Å². The van der Waals surface area contributed by atoms with Gasteiger partial charge < -0.3 is 10.4 Å². The minimum atomic E-state index is -1.05. The van der Waals surface area contributed by atoms with Crippen molar-refractivity contribution in [1.29, 1.82) is 0 Å². The van der Waals surface area contributed by atoms with E-state index in [1.165, 1.54) is 18.2 Å². The first kappa shape index (κ1) is 12.0. The largest absolute Gasteiger partial charge is 0.478 e. The molecule has 0 aliphatic rings. The van der Waals surface area contributed by atoms with E-state index in [1.54, 1.807) is 12.1 Å². The lowest BCUT2D eigenvalue weighted by Gasteiger charge is -2.07. The third kappa shape index (κ3) is 2.63. The minimum Gasteiger partial charge on any atom is -0.478 e. The van der Waals surface area contributed by atoms with Gasteiger partial charge in [0, 0.05) is 17.4 Å². The number of carbonyl (C=O) groups is 1. The first-order valence-electron chi connectivity index (χ1n) is 5.12. The Balaban J connectivity index is 2.25. The zero-order valence-corrected chi connectivity index (χ0v) is 9.15. The average Bonchev–Trinajstić information content (AvgIpc) is 2.34. The van der Waals surface area contributed by atoms with Crippen molar-refractivity contribution < 1.29 is 18.7 Å². The van der Waals surface area contributed by atoms with E-state index in [-0.39, 0.29) is 5.56 Å². The third-order valence-electron chi connectivity index (χ3n) is 2.32. The summed E-state index contributed by atoms with van der Waals surface area (Å²) in [5.74, 6) is -2.95. The minimum absolute atomic E-state index is 0.114. The van der Waals surface area contributed by atoms with E-state index in [0.717, 1.165) is 12.1 Å². The molecule has 0 aliphatic heterocycles. The van der Waals surface area contributed by atoms with Gasteiger partial charge in [-0.3, -0.25) is 0 Å². The predicted octanol–water partition coefficient (Wildman–Crippen LogP) is 3.41. The number of halogens is 2. The summed E-state index contributed by atoms with van der Waals surface area (Å²) in [4.78, 5) is 10.8. The van der Waals surface area contributed by atoms with Crippen LogP contribution in [0.4, 0.5) is 20.2 Å². The lowest BCUT2D eigenvalue weighted by atomic mass is 10.2. The Morgan fingerprint density at radius 3 is 2.39 bits per heavy atom. The fourth-order valence-corrected chi connectivity index (χ4v) is 1.47. The van der Waals surface area contributed by atoms with E-state index in [1.807, 2.05) is 0 Å². The highest BCUT2D eigenvalue weighted by Crippen LogP contribution is 2.19. The lowest BCUT2D eigenvalue weighted by molar-refractivity contribution is 0.0697. The van der Waals surface area contributed by atoms with Crippen LogP contribution in [0.2, 0.25) is 0 Å². The van der Waals surface area contributed by atoms with Gasteiger partial charge in [0.25, 0.3) is 0 Å². The number of anilines is 2. The quantitative estimate of drug-likeness (QED) is 0.876. The zero-order chi connectivity index (χ0) is 13.1. The second kappa shape index (κ2) is 4.83. The maximum absolute atomic E-state index is 13.0. The second-order valence-corrected chi connectivity index (χ2v) is 3.64. The Morgan fingerprint density at radius 2 is 1.72 bits per heavy atom. The number of aromatic carboxylic acids is 1. The molecule has 2 aromatic rings. The van der Waals surface area contributed by atoms with E-state index in [0.29, 0.717) is 11.4 Å². The van der Waals surface area contributed by atoms with Crippen molar-refractivity contribution in [2.45, 2.75) is 0 Å². The SMILES string of the molecule is O=C(O)c1cccc(Nc2ccc(F)c(F)c2)c1. The molecule has 0 atom stereocenters. The number of carboxylic acids is 1. The van der Waals surface area contributed by atoms with E-state index in [2.05, 4.69) is 5.32 Å². The number of carboxylic acid groups (broad SMARTS) is 1. The van der Waals surface area contributed by atoms with Crippen molar-refractivity contribution in [3.63, 3.8) is 0 Å². The summed E-state index contributed by atoms with van der Waals surface area (Å²) in [7, 11) is 0. The van der Waals surface area contributed by atoms with Crippen LogP contribution in [0.1, 0.15) is 10.4 Å². The Labute approximate surface area is 102 Å². The first-order valence-corrected chi connectivity index (χ1v) is 5.12. The topological polar surface area (TPSA) is 49.3 Å². The molecule has 18 heavy (non-hydrogen) atoms. The number of rotatable bonds is 3. The van der Waals surface area contributed by atoms with Gasteiger partial charge in [0.1, 0.15) is 0 Å². The van der Waals surface area contributed by atoms with Crippen molar-refractivity contribution in [3.05, 3.63) is 59.7 Å². The van der Waals surface area contributed by atoms with Crippen molar-refractivity contribution in [2.24, 2.45) is 0 Å². The summed E-state index contributed by atoms with van der Waals surface area (Å²) < 4.78 is 25.7. The van der Waals surface area contributed by atoms with Gasteiger partial charge >= 0.3 is 5.97 Å². The molecule has 2 rings (SSSR count). The lowest BCUT2D eigenvalue weighted by Crippen LogP contribution is -1.98. The molecular formula is C13H9F2NO2. The molecule has 2 N–H and O–H groups in total. The molecule has 0 heterocycles. The summed E-state index contributed by atoms with van der Waals surface area (Å²) in [6.45, 7) is 0. The monoisotopic (exact) mass is 249 g/mol. The van der Waals surface area contributed by atoms with E-state index in [9.17, 15) is 13.6 Å². The van der Waals surface area contributed by atoms with Crippen molar-refractivity contribution in [2.75, 3.05) is 5.32 Å². The third-order valence-corrected chi connectivity index (χ3v) is 2.32. The highest BCUT2D eigenvalue weighted by molar-refractivity contribution is 5.89. The van der Waals surface area contributed by atoms with Gasteiger partial charge in [-0.2, -0.15) is 0 Å². The summed E-state index contributed by atoms with van der Waals surface area (Å²) in [5, 5.41) is 11.6. The van der Waals surface area contributed by atoms with Gasteiger partial charge in [-0.25, -0.2) is 13.6 Å². The number of hydrogen-bond acceptors (Lipinski definition) is 2. The van der Waals surface area contributed by atoms with Crippen molar-refractivity contribution in [1.82, 2.24) is 0 Å². The number of hydrogen-bond donors (Lipinski definition) is 2. The van der Waals surface area contributed by atoms with Crippen LogP contribution in [0.25, 0.3) is 0 Å². The molecule has 2 aromatic carbocycles. The smallest absolute Gasteiger partial charge is 0.335 e. The van der Waals surface area contributed by atoms with Crippen LogP contribution in [-0.2, 0) is 0 Å². The van der Waals surface area contributed by atoms with Crippen LogP contribution in [0.3, 0.4) is 0 Å². The standard InChI is InChI=1S/C13H9F2NO2/c14-11-5-4-10(7-12(11)15)16-9-3-1-2-8(6-9)13(17)18/h1-7,16H,(H,17,18). The predicted molar refractivity (Wildman–Crippen MR) is 63.0 cm³/mol. The maximum Gasteiger partial charge on any atom is 0.335 e. The van der Waals surface area contributed by atoms with Crippen LogP contribution in [0, 0.1) is 11.6 Å². The van der Waals surface area contributed by atoms with Crippen LogP contribution < -0.4 is 5.32 Å². The summed E-state index contributed by atoms with van der Waals surface area (Å²) in [5.41, 5.74) is 0.944. The molecular weight excluding hydrogens is 240 g/mol. The number of benzene rings is 2. The van der Waals surface area contributed by atoms with Crippen LogP contribution in [0.15, 0.2) is 42.5 Å². The average molecular weight is 249 g/mol. The Morgan fingerprint density at radius 1 is 1.00 bits per heavy atom. The van der Waals surface area contributed by atoms with Crippen LogP contribution in [0.5, 0.6) is 0 Å². The van der Waals surface area contributed by atoms with Crippen LogP contribution in [-0.4, -0.2) is 11.1 Å².